The van der Waals surface area contributed by atoms with Gasteiger partial charge in [-0.2, -0.15) is 5.26 Å². The van der Waals surface area contributed by atoms with Crippen molar-refractivity contribution in [1.29, 1.82) is 5.26 Å². The smallest absolute Gasteiger partial charge is 0.0697 e. The van der Waals surface area contributed by atoms with Crippen molar-refractivity contribution in [2.45, 2.75) is 58.3 Å². The van der Waals surface area contributed by atoms with Gasteiger partial charge in [-0.15, -0.1) is 6.58 Å². The van der Waals surface area contributed by atoms with Crippen LogP contribution in [0.15, 0.2) is 12.7 Å². The predicted molar refractivity (Wildman–Crippen MR) is 61.9 cm³/mol. The first-order chi connectivity index (χ1) is 6.85. The molecular weight excluding hydrogens is 170 g/mol. The molecule has 0 aromatic rings. The Labute approximate surface area is 88.8 Å². The van der Waals surface area contributed by atoms with Gasteiger partial charge in [-0.1, -0.05) is 57.9 Å². The van der Waals surface area contributed by atoms with Crippen LogP contribution in [-0.4, -0.2) is 0 Å². The summed E-state index contributed by atoms with van der Waals surface area (Å²) in [6, 6.07) is 2.24. The van der Waals surface area contributed by atoms with E-state index in [0.717, 1.165) is 6.42 Å². The largest absolute Gasteiger partial charge is 0.198 e. The van der Waals surface area contributed by atoms with Crippen molar-refractivity contribution in [3.63, 3.8) is 0 Å². The summed E-state index contributed by atoms with van der Waals surface area (Å²) in [5.74, 6) is 0.0747. The highest BCUT2D eigenvalue weighted by Crippen LogP contribution is 2.12. The zero-order valence-electron chi connectivity index (χ0n) is 9.47. The van der Waals surface area contributed by atoms with Crippen LogP contribution in [-0.2, 0) is 0 Å². The first kappa shape index (κ1) is 13.2. The van der Waals surface area contributed by atoms with Crippen molar-refractivity contribution in [3.05, 3.63) is 12.7 Å². The average Bonchev–Trinajstić information content (AvgIpc) is 2.22. The minimum Gasteiger partial charge on any atom is -0.198 e. The molecule has 0 aromatic carbocycles. The maximum atomic E-state index is 8.68. The van der Waals surface area contributed by atoms with Gasteiger partial charge in [-0.3, -0.25) is 0 Å². The standard InChI is InChI=1S/C13H23N/c1-3-5-6-7-8-9-10-11-13(4-2)12-14/h4,13H,2-3,5-11H2,1H3. The van der Waals surface area contributed by atoms with Crippen LogP contribution in [0.2, 0.25) is 0 Å². The number of hydrogen-bond acceptors (Lipinski definition) is 1. The number of nitrogens with zero attached hydrogens (tertiary/aromatic N) is 1. The second-order valence-corrected chi connectivity index (χ2v) is 3.88. The predicted octanol–water partition coefficient (Wildman–Crippen LogP) is 4.45. The van der Waals surface area contributed by atoms with Crippen LogP contribution in [0.4, 0.5) is 0 Å². The van der Waals surface area contributed by atoms with Crippen LogP contribution >= 0.6 is 0 Å². The minimum absolute atomic E-state index is 0.0747. The fourth-order valence-corrected chi connectivity index (χ4v) is 1.56. The molecule has 0 rings (SSSR count). The molecule has 14 heavy (non-hydrogen) atoms. The Morgan fingerprint density at radius 3 is 2.21 bits per heavy atom. The molecule has 0 aromatic heterocycles. The molecule has 0 N–H and O–H groups in total. The van der Waals surface area contributed by atoms with E-state index in [-0.39, 0.29) is 5.92 Å². The third-order valence-electron chi connectivity index (χ3n) is 2.57. The van der Waals surface area contributed by atoms with Gasteiger partial charge >= 0.3 is 0 Å². The summed E-state index contributed by atoms with van der Waals surface area (Å²) in [6.45, 7) is 5.89. The van der Waals surface area contributed by atoms with E-state index in [1.165, 1.54) is 44.9 Å². The van der Waals surface area contributed by atoms with Gasteiger partial charge in [0.1, 0.15) is 0 Å². The molecule has 0 aliphatic rings. The summed E-state index contributed by atoms with van der Waals surface area (Å²) >= 11 is 0. The molecule has 0 spiro atoms. The van der Waals surface area contributed by atoms with E-state index in [9.17, 15) is 0 Å². The number of nitriles is 1. The highest BCUT2D eigenvalue weighted by Gasteiger charge is 2.00. The van der Waals surface area contributed by atoms with Gasteiger partial charge in [0.05, 0.1) is 12.0 Å². The lowest BCUT2D eigenvalue weighted by Gasteiger charge is -2.03. The third kappa shape index (κ3) is 7.86. The molecule has 0 radical (unpaired) electrons. The Balaban J connectivity index is 3.13. The molecule has 80 valence electrons. The van der Waals surface area contributed by atoms with Gasteiger partial charge in [-0.25, -0.2) is 0 Å². The Morgan fingerprint density at radius 2 is 1.71 bits per heavy atom. The van der Waals surface area contributed by atoms with Crippen LogP contribution in [0.5, 0.6) is 0 Å². The van der Waals surface area contributed by atoms with Crippen molar-refractivity contribution >= 4 is 0 Å². The van der Waals surface area contributed by atoms with Crippen LogP contribution in [0.3, 0.4) is 0 Å². The molecule has 1 unspecified atom stereocenters. The van der Waals surface area contributed by atoms with Crippen LogP contribution < -0.4 is 0 Å². The molecule has 1 nitrogen and oxygen atoms in total. The molecule has 1 heteroatoms. The molecule has 0 bridgehead atoms. The summed E-state index contributed by atoms with van der Waals surface area (Å²) in [7, 11) is 0. The average molecular weight is 193 g/mol. The zero-order chi connectivity index (χ0) is 10.6. The Bertz CT molecular complexity index is 167. The van der Waals surface area contributed by atoms with Crippen LogP contribution in [0, 0.1) is 17.2 Å². The lowest BCUT2D eigenvalue weighted by molar-refractivity contribution is 0.558. The monoisotopic (exact) mass is 193 g/mol. The second-order valence-electron chi connectivity index (χ2n) is 3.88. The number of unbranched alkanes of at least 4 members (excludes halogenated alkanes) is 6. The molecule has 0 saturated carbocycles. The van der Waals surface area contributed by atoms with E-state index in [0.29, 0.717) is 0 Å². The van der Waals surface area contributed by atoms with E-state index in [1.807, 2.05) is 0 Å². The molecule has 0 heterocycles. The highest BCUT2D eigenvalue weighted by molar-refractivity contribution is 4.94. The second kappa shape index (κ2) is 10.3. The van der Waals surface area contributed by atoms with Gasteiger partial charge in [0, 0.05) is 0 Å². The number of hydrogen-bond donors (Lipinski definition) is 0. The molecule has 0 saturated heterocycles. The maximum Gasteiger partial charge on any atom is 0.0697 e. The van der Waals surface area contributed by atoms with Gasteiger partial charge < -0.3 is 0 Å². The van der Waals surface area contributed by atoms with E-state index < -0.39 is 0 Å². The highest BCUT2D eigenvalue weighted by atomic mass is 14.3. The van der Waals surface area contributed by atoms with Crippen molar-refractivity contribution in [2.24, 2.45) is 5.92 Å². The van der Waals surface area contributed by atoms with E-state index in [1.54, 1.807) is 6.08 Å². The van der Waals surface area contributed by atoms with Gasteiger partial charge in [0.25, 0.3) is 0 Å². The van der Waals surface area contributed by atoms with Crippen molar-refractivity contribution in [3.8, 4) is 6.07 Å². The molecule has 1 atom stereocenters. The number of allylic oxidation sites excluding steroid dienone is 1. The van der Waals surface area contributed by atoms with Gasteiger partial charge in [-0.05, 0) is 6.42 Å². The topological polar surface area (TPSA) is 23.8 Å². The Kier molecular flexibility index (Phi) is 9.74. The SMILES string of the molecule is C=CC(C#N)CCCCCCCCC. The van der Waals surface area contributed by atoms with Gasteiger partial charge in [0.2, 0.25) is 0 Å². The van der Waals surface area contributed by atoms with E-state index in [2.05, 4.69) is 19.6 Å². The quantitative estimate of drug-likeness (QED) is 0.392. The normalized spacial score (nSPS) is 12.0. The first-order valence-corrected chi connectivity index (χ1v) is 5.87. The first-order valence-electron chi connectivity index (χ1n) is 5.87. The lowest BCUT2D eigenvalue weighted by atomic mass is 10.0. The minimum atomic E-state index is 0.0747. The van der Waals surface area contributed by atoms with Crippen LogP contribution in [0.25, 0.3) is 0 Å². The van der Waals surface area contributed by atoms with Crippen LogP contribution in [0.1, 0.15) is 58.3 Å². The maximum absolute atomic E-state index is 8.68. The number of rotatable bonds is 9. The lowest BCUT2D eigenvalue weighted by Crippen LogP contribution is -1.91. The Hall–Kier alpha value is -0.770. The molecule has 0 fully saturated rings. The van der Waals surface area contributed by atoms with Crippen molar-refractivity contribution in [1.82, 2.24) is 0 Å². The summed E-state index contributed by atoms with van der Waals surface area (Å²) in [5.41, 5.74) is 0. The van der Waals surface area contributed by atoms with Crippen molar-refractivity contribution in [2.75, 3.05) is 0 Å². The third-order valence-corrected chi connectivity index (χ3v) is 2.57. The summed E-state index contributed by atoms with van der Waals surface area (Å²) in [6.07, 6.45) is 11.9. The summed E-state index contributed by atoms with van der Waals surface area (Å²) in [4.78, 5) is 0. The van der Waals surface area contributed by atoms with Crippen molar-refractivity contribution < 1.29 is 0 Å². The van der Waals surface area contributed by atoms with E-state index >= 15 is 0 Å². The molecular formula is C13H23N. The molecule has 0 aliphatic carbocycles. The van der Waals surface area contributed by atoms with Gasteiger partial charge in [0.15, 0.2) is 0 Å². The Morgan fingerprint density at radius 1 is 1.14 bits per heavy atom. The van der Waals surface area contributed by atoms with E-state index in [4.69, 9.17) is 5.26 Å². The fraction of sp³-hybridized carbons (Fsp3) is 0.769. The molecule has 0 aliphatic heterocycles. The fourth-order valence-electron chi connectivity index (χ4n) is 1.56. The summed E-state index contributed by atoms with van der Waals surface area (Å²) in [5, 5.41) is 8.68. The summed E-state index contributed by atoms with van der Waals surface area (Å²) < 4.78 is 0. The zero-order valence-corrected chi connectivity index (χ0v) is 9.47. The molecule has 0 amide bonds.